The lowest BCUT2D eigenvalue weighted by molar-refractivity contribution is -0.143. The molecule has 11 heteroatoms. The molecule has 0 N–H and O–H groups in total. The molecule has 1 amide bonds. The number of halogens is 7. The zero-order valence-electron chi connectivity index (χ0n) is 24.8. The summed E-state index contributed by atoms with van der Waals surface area (Å²) in [6.07, 6.45) is -12.3. The van der Waals surface area contributed by atoms with Crippen LogP contribution in [0.15, 0.2) is 66.7 Å². The molecule has 4 aromatic rings. The van der Waals surface area contributed by atoms with Gasteiger partial charge in [0.25, 0.3) is 0 Å². The molecule has 1 saturated heterocycles. The van der Waals surface area contributed by atoms with Crippen LogP contribution >= 0.6 is 0 Å². The fourth-order valence-corrected chi connectivity index (χ4v) is 5.69. The van der Waals surface area contributed by atoms with Crippen molar-refractivity contribution in [3.8, 4) is 16.9 Å². The maximum atomic E-state index is 14.9. The lowest BCUT2D eigenvalue weighted by atomic mass is 9.90. The first-order valence-corrected chi connectivity index (χ1v) is 14.2. The number of benzene rings is 4. The Hall–Kier alpha value is -4.28. The molecule has 4 nitrogen and oxygen atoms in total. The van der Waals surface area contributed by atoms with E-state index >= 15 is 0 Å². The van der Waals surface area contributed by atoms with Gasteiger partial charge in [0.1, 0.15) is 17.7 Å². The standard InChI is InChI=1S/C34H30F7NO3/c1-18(2)26-15-28(31(44-4)16-29(26)35)27-13-21-8-6-5-7-20(21)10-23(27)17-42-19(3)9-30(45-32(42)43)22-11-24(33(36,37)38)14-25(12-22)34(39,40)41/h5-8,10-16,18-19,30H,9,17H2,1-4H3/t19-,30-/m0/s1. The van der Waals surface area contributed by atoms with Crippen LogP contribution in [0, 0.1) is 5.82 Å². The molecule has 0 radical (unpaired) electrons. The number of nitrogens with zero attached hydrogens (tertiary/aromatic N) is 1. The van der Waals surface area contributed by atoms with Gasteiger partial charge in [-0.25, -0.2) is 9.18 Å². The summed E-state index contributed by atoms with van der Waals surface area (Å²) in [6.45, 7) is 5.38. The second-order valence-electron chi connectivity index (χ2n) is 11.5. The number of fused-ring (bicyclic) bond motifs is 1. The van der Waals surface area contributed by atoms with E-state index in [1.54, 1.807) is 13.0 Å². The van der Waals surface area contributed by atoms with E-state index < -0.39 is 47.5 Å². The number of hydrogen-bond donors (Lipinski definition) is 0. The van der Waals surface area contributed by atoms with Gasteiger partial charge in [0, 0.05) is 30.6 Å². The highest BCUT2D eigenvalue weighted by Gasteiger charge is 2.40. The smallest absolute Gasteiger partial charge is 0.416 e. The molecule has 4 aromatic carbocycles. The number of cyclic esters (lactones) is 1. The zero-order chi connectivity index (χ0) is 32.8. The van der Waals surface area contributed by atoms with Crippen LogP contribution in [0.5, 0.6) is 5.75 Å². The summed E-state index contributed by atoms with van der Waals surface area (Å²) in [6, 6.07) is 14.9. The van der Waals surface area contributed by atoms with Crippen LogP contribution in [0.2, 0.25) is 0 Å². The van der Waals surface area contributed by atoms with Crippen LogP contribution in [0.4, 0.5) is 35.5 Å². The second-order valence-corrected chi connectivity index (χ2v) is 11.5. The van der Waals surface area contributed by atoms with Crippen molar-refractivity contribution in [2.75, 3.05) is 7.11 Å². The number of ether oxygens (including phenoxy) is 2. The monoisotopic (exact) mass is 633 g/mol. The molecule has 5 rings (SSSR count). The largest absolute Gasteiger partial charge is 0.496 e. The normalized spacial score (nSPS) is 17.6. The van der Waals surface area contributed by atoms with Gasteiger partial charge in [0.15, 0.2) is 0 Å². The first-order valence-electron chi connectivity index (χ1n) is 14.2. The Morgan fingerprint density at radius 3 is 2.02 bits per heavy atom. The molecule has 2 atom stereocenters. The number of amides is 1. The van der Waals surface area contributed by atoms with Crippen LogP contribution in [0.3, 0.4) is 0 Å². The minimum Gasteiger partial charge on any atom is -0.496 e. The molecule has 0 unspecified atom stereocenters. The van der Waals surface area contributed by atoms with E-state index in [1.807, 2.05) is 50.2 Å². The Labute approximate surface area is 255 Å². The first kappa shape index (κ1) is 32.1. The van der Waals surface area contributed by atoms with Crippen molar-refractivity contribution in [2.45, 2.75) is 64.2 Å². The van der Waals surface area contributed by atoms with Crippen molar-refractivity contribution in [1.82, 2.24) is 4.90 Å². The van der Waals surface area contributed by atoms with Crippen LogP contribution in [0.25, 0.3) is 21.9 Å². The molecule has 0 aromatic heterocycles. The van der Waals surface area contributed by atoms with Gasteiger partial charge in [0.2, 0.25) is 0 Å². The molecule has 0 bridgehead atoms. The average molecular weight is 634 g/mol. The van der Waals surface area contributed by atoms with Crippen molar-refractivity contribution in [2.24, 2.45) is 0 Å². The predicted molar refractivity (Wildman–Crippen MR) is 155 cm³/mol. The highest BCUT2D eigenvalue weighted by Crippen LogP contribution is 2.42. The van der Waals surface area contributed by atoms with Gasteiger partial charge in [-0.1, -0.05) is 38.1 Å². The van der Waals surface area contributed by atoms with Crippen LogP contribution in [-0.4, -0.2) is 24.1 Å². The summed E-state index contributed by atoms with van der Waals surface area (Å²) in [5.41, 5.74) is -0.945. The highest BCUT2D eigenvalue weighted by atomic mass is 19.4. The van der Waals surface area contributed by atoms with Gasteiger partial charge in [-0.3, -0.25) is 0 Å². The van der Waals surface area contributed by atoms with E-state index in [9.17, 15) is 35.5 Å². The Balaban J connectivity index is 1.53. The van der Waals surface area contributed by atoms with Crippen molar-refractivity contribution >= 4 is 16.9 Å². The van der Waals surface area contributed by atoms with Gasteiger partial charge >= 0.3 is 18.4 Å². The third-order valence-corrected chi connectivity index (χ3v) is 8.09. The SMILES string of the molecule is COc1cc(F)c(C(C)C)cc1-c1cc2ccccc2cc1CN1C(=O)O[C@H](c2cc(C(F)(F)F)cc(C(F)(F)F)c2)C[C@@H]1C. The summed E-state index contributed by atoms with van der Waals surface area (Å²) in [5.74, 6) is -0.274. The van der Waals surface area contributed by atoms with Crippen molar-refractivity contribution < 1.29 is 45.0 Å². The van der Waals surface area contributed by atoms with E-state index in [0.29, 0.717) is 34.4 Å². The Kier molecular flexibility index (Phi) is 8.50. The summed E-state index contributed by atoms with van der Waals surface area (Å²) in [4.78, 5) is 14.7. The molecular formula is C34H30F7NO3. The summed E-state index contributed by atoms with van der Waals surface area (Å²) < 4.78 is 107. The fraction of sp³-hybridized carbons (Fsp3) is 0.324. The second kappa shape index (κ2) is 11.9. The predicted octanol–water partition coefficient (Wildman–Crippen LogP) is 10.3. The molecular weight excluding hydrogens is 603 g/mol. The summed E-state index contributed by atoms with van der Waals surface area (Å²) in [5, 5.41) is 1.74. The molecule has 0 aliphatic carbocycles. The summed E-state index contributed by atoms with van der Waals surface area (Å²) >= 11 is 0. The molecule has 1 aliphatic rings. The van der Waals surface area contributed by atoms with Gasteiger partial charge in [-0.15, -0.1) is 0 Å². The highest BCUT2D eigenvalue weighted by molar-refractivity contribution is 5.90. The van der Waals surface area contributed by atoms with Crippen LogP contribution in [0.1, 0.15) is 67.0 Å². The van der Waals surface area contributed by atoms with E-state index in [-0.39, 0.29) is 36.3 Å². The number of carbonyl (C=O) groups is 1. The minimum atomic E-state index is -5.03. The Bertz CT molecular complexity index is 1710. The maximum absolute atomic E-state index is 14.9. The lowest BCUT2D eigenvalue weighted by Gasteiger charge is -2.38. The molecule has 0 saturated carbocycles. The summed E-state index contributed by atoms with van der Waals surface area (Å²) in [7, 11) is 1.43. The number of rotatable bonds is 6. The number of carbonyl (C=O) groups excluding carboxylic acids is 1. The van der Waals surface area contributed by atoms with Crippen molar-refractivity contribution in [3.05, 3.63) is 100 Å². The third-order valence-electron chi connectivity index (χ3n) is 8.09. The number of hydrogen-bond acceptors (Lipinski definition) is 3. The zero-order valence-corrected chi connectivity index (χ0v) is 24.8. The minimum absolute atomic E-state index is 0.000816. The lowest BCUT2D eigenvalue weighted by Crippen LogP contribution is -2.44. The van der Waals surface area contributed by atoms with Crippen molar-refractivity contribution in [3.63, 3.8) is 0 Å². The van der Waals surface area contributed by atoms with E-state index in [1.165, 1.54) is 18.1 Å². The Morgan fingerprint density at radius 1 is 0.889 bits per heavy atom. The Morgan fingerprint density at radius 2 is 1.49 bits per heavy atom. The van der Waals surface area contributed by atoms with Crippen LogP contribution in [-0.2, 0) is 23.6 Å². The van der Waals surface area contributed by atoms with E-state index in [4.69, 9.17) is 9.47 Å². The topological polar surface area (TPSA) is 38.8 Å². The molecule has 45 heavy (non-hydrogen) atoms. The first-order chi connectivity index (χ1) is 21.1. The number of methoxy groups -OCH3 is 1. The van der Waals surface area contributed by atoms with Gasteiger partial charge in [-0.05, 0) is 82.3 Å². The molecule has 238 valence electrons. The molecule has 1 aliphatic heterocycles. The third kappa shape index (κ3) is 6.57. The quantitative estimate of drug-likeness (QED) is 0.198. The fourth-order valence-electron chi connectivity index (χ4n) is 5.69. The number of alkyl halides is 6. The van der Waals surface area contributed by atoms with Crippen LogP contribution < -0.4 is 4.74 Å². The maximum Gasteiger partial charge on any atom is 0.416 e. The molecule has 1 fully saturated rings. The van der Waals surface area contributed by atoms with Gasteiger partial charge < -0.3 is 14.4 Å². The molecule has 1 heterocycles. The van der Waals surface area contributed by atoms with Gasteiger partial charge in [-0.2, -0.15) is 26.3 Å². The van der Waals surface area contributed by atoms with E-state index in [2.05, 4.69) is 0 Å². The average Bonchev–Trinajstić information content (AvgIpc) is 2.97. The van der Waals surface area contributed by atoms with Gasteiger partial charge in [0.05, 0.1) is 18.2 Å². The molecule has 0 spiro atoms. The van der Waals surface area contributed by atoms with Crippen molar-refractivity contribution in [1.29, 1.82) is 0 Å². The van der Waals surface area contributed by atoms with E-state index in [0.717, 1.165) is 10.8 Å².